The molecule has 0 saturated heterocycles. The fourth-order valence-electron chi connectivity index (χ4n) is 2.67. The van der Waals surface area contributed by atoms with Crippen molar-refractivity contribution in [2.45, 2.75) is 18.9 Å². The molecule has 1 aliphatic heterocycles. The minimum Gasteiger partial charge on any atom is -0.481 e. The third-order valence-corrected chi connectivity index (χ3v) is 5.58. The highest BCUT2D eigenvalue weighted by Crippen LogP contribution is 2.39. The van der Waals surface area contributed by atoms with E-state index in [-0.39, 0.29) is 25.0 Å². The van der Waals surface area contributed by atoms with Gasteiger partial charge in [-0.05, 0) is 34.9 Å². The number of carboxylic acids is 1. The zero-order chi connectivity index (χ0) is 15.5. The van der Waals surface area contributed by atoms with Gasteiger partial charge in [-0.1, -0.05) is 6.07 Å². The Hall–Kier alpha value is -1.86. The van der Waals surface area contributed by atoms with Gasteiger partial charge in [-0.15, -0.1) is 22.7 Å². The summed E-state index contributed by atoms with van der Waals surface area (Å²) in [5.74, 6) is -0.908. The van der Waals surface area contributed by atoms with Gasteiger partial charge in [-0.3, -0.25) is 4.79 Å². The Morgan fingerprint density at radius 2 is 2.18 bits per heavy atom. The standard InChI is InChI=1S/C15H16N2O3S2/c18-13(19)3-6-16-15(20)17-7-4-11-10(5-9-22-11)14(17)12-2-1-8-21-12/h1-2,5,8-9,14H,3-4,6-7H2,(H,16,20)(H,18,19). The highest BCUT2D eigenvalue weighted by Gasteiger charge is 2.33. The third-order valence-electron chi connectivity index (χ3n) is 3.65. The van der Waals surface area contributed by atoms with Crippen LogP contribution in [0.2, 0.25) is 0 Å². The lowest BCUT2D eigenvalue weighted by Crippen LogP contribution is -2.45. The lowest BCUT2D eigenvalue weighted by atomic mass is 9.99. The van der Waals surface area contributed by atoms with Crippen LogP contribution in [0.4, 0.5) is 4.79 Å². The number of fused-ring (bicyclic) bond motifs is 1. The van der Waals surface area contributed by atoms with Crippen LogP contribution in [0.3, 0.4) is 0 Å². The second kappa shape index (κ2) is 6.50. The van der Waals surface area contributed by atoms with E-state index in [2.05, 4.69) is 16.8 Å². The summed E-state index contributed by atoms with van der Waals surface area (Å²) >= 11 is 3.37. The summed E-state index contributed by atoms with van der Waals surface area (Å²) in [5, 5.41) is 15.5. The number of aliphatic carboxylic acids is 1. The normalized spacial score (nSPS) is 17.1. The molecule has 0 radical (unpaired) electrons. The molecule has 1 aliphatic rings. The van der Waals surface area contributed by atoms with E-state index in [0.717, 1.165) is 11.3 Å². The molecule has 0 aromatic carbocycles. The molecule has 0 bridgehead atoms. The van der Waals surface area contributed by atoms with Crippen molar-refractivity contribution in [2.75, 3.05) is 13.1 Å². The molecular formula is C15H16N2O3S2. The van der Waals surface area contributed by atoms with Crippen LogP contribution in [0.15, 0.2) is 29.0 Å². The van der Waals surface area contributed by atoms with Gasteiger partial charge < -0.3 is 15.3 Å². The van der Waals surface area contributed by atoms with Crippen molar-refractivity contribution < 1.29 is 14.7 Å². The number of hydrogen-bond acceptors (Lipinski definition) is 4. The minimum absolute atomic E-state index is 0.0625. The van der Waals surface area contributed by atoms with Gasteiger partial charge in [0.25, 0.3) is 0 Å². The van der Waals surface area contributed by atoms with Gasteiger partial charge in [-0.2, -0.15) is 0 Å². The average Bonchev–Trinajstić information content (AvgIpc) is 3.16. The Labute approximate surface area is 136 Å². The molecule has 2 aromatic heterocycles. The van der Waals surface area contributed by atoms with Gasteiger partial charge >= 0.3 is 12.0 Å². The van der Waals surface area contributed by atoms with Gasteiger partial charge in [-0.25, -0.2) is 4.79 Å². The monoisotopic (exact) mass is 336 g/mol. The van der Waals surface area contributed by atoms with Crippen molar-refractivity contribution in [3.8, 4) is 0 Å². The van der Waals surface area contributed by atoms with Crippen LogP contribution < -0.4 is 5.32 Å². The molecule has 5 nitrogen and oxygen atoms in total. The first-order chi connectivity index (χ1) is 10.7. The fraction of sp³-hybridized carbons (Fsp3) is 0.333. The summed E-state index contributed by atoms with van der Waals surface area (Å²) in [6.07, 6.45) is 0.786. The highest BCUT2D eigenvalue weighted by molar-refractivity contribution is 7.10. The molecule has 2 amide bonds. The Morgan fingerprint density at radius 3 is 2.91 bits per heavy atom. The zero-order valence-electron chi connectivity index (χ0n) is 11.8. The maximum absolute atomic E-state index is 12.4. The number of carbonyl (C=O) groups excluding carboxylic acids is 1. The van der Waals surface area contributed by atoms with Crippen molar-refractivity contribution in [1.82, 2.24) is 10.2 Å². The summed E-state index contributed by atoms with van der Waals surface area (Å²) in [4.78, 5) is 27.3. The molecule has 22 heavy (non-hydrogen) atoms. The molecule has 7 heteroatoms. The topological polar surface area (TPSA) is 69.6 Å². The van der Waals surface area contributed by atoms with E-state index < -0.39 is 5.97 Å². The summed E-state index contributed by atoms with van der Waals surface area (Å²) in [6, 6.07) is 5.85. The quantitative estimate of drug-likeness (QED) is 0.902. The van der Waals surface area contributed by atoms with E-state index in [9.17, 15) is 9.59 Å². The van der Waals surface area contributed by atoms with Crippen molar-refractivity contribution in [1.29, 1.82) is 0 Å². The van der Waals surface area contributed by atoms with Gasteiger partial charge in [0.2, 0.25) is 0 Å². The van der Waals surface area contributed by atoms with Crippen LogP contribution in [0, 0.1) is 0 Å². The van der Waals surface area contributed by atoms with Gasteiger partial charge in [0.05, 0.1) is 12.5 Å². The Balaban J connectivity index is 1.81. The van der Waals surface area contributed by atoms with Gasteiger partial charge in [0.1, 0.15) is 0 Å². The number of carboxylic acid groups (broad SMARTS) is 1. The van der Waals surface area contributed by atoms with Crippen LogP contribution >= 0.6 is 22.7 Å². The highest BCUT2D eigenvalue weighted by atomic mass is 32.1. The van der Waals surface area contributed by atoms with Crippen molar-refractivity contribution >= 4 is 34.7 Å². The summed E-state index contributed by atoms with van der Waals surface area (Å²) in [6.45, 7) is 0.799. The first kappa shape index (κ1) is 15.1. The SMILES string of the molecule is O=C(O)CCNC(=O)N1CCc2sccc2C1c1cccs1. The van der Waals surface area contributed by atoms with E-state index in [1.165, 1.54) is 10.4 Å². The van der Waals surface area contributed by atoms with Gasteiger partial charge in [0.15, 0.2) is 0 Å². The smallest absolute Gasteiger partial charge is 0.318 e. The maximum atomic E-state index is 12.4. The van der Waals surface area contributed by atoms with Crippen molar-refractivity contribution in [2.24, 2.45) is 0 Å². The minimum atomic E-state index is -0.908. The number of hydrogen-bond donors (Lipinski definition) is 2. The number of thiophene rings is 2. The number of nitrogens with zero attached hydrogens (tertiary/aromatic N) is 1. The lowest BCUT2D eigenvalue weighted by Gasteiger charge is -2.35. The third kappa shape index (κ3) is 3.00. The maximum Gasteiger partial charge on any atom is 0.318 e. The van der Waals surface area contributed by atoms with Crippen LogP contribution in [-0.2, 0) is 11.2 Å². The molecule has 2 aromatic rings. The predicted octanol–water partition coefficient (Wildman–Crippen LogP) is 2.94. The van der Waals surface area contributed by atoms with Crippen LogP contribution in [0.1, 0.15) is 27.8 Å². The van der Waals surface area contributed by atoms with E-state index >= 15 is 0 Å². The van der Waals surface area contributed by atoms with Crippen LogP contribution in [0.25, 0.3) is 0 Å². The fourth-order valence-corrected chi connectivity index (χ4v) is 4.43. The number of urea groups is 1. The molecule has 3 rings (SSSR count). The Bertz CT molecular complexity index is 666. The van der Waals surface area contributed by atoms with Crippen LogP contribution in [0.5, 0.6) is 0 Å². The Kier molecular flexibility index (Phi) is 4.44. The molecule has 1 unspecified atom stereocenters. The second-order valence-corrected chi connectivity index (χ2v) is 7.02. The molecule has 2 N–H and O–H groups in total. The summed E-state index contributed by atoms with van der Waals surface area (Å²) in [7, 11) is 0. The van der Waals surface area contributed by atoms with E-state index in [1.54, 1.807) is 22.7 Å². The molecule has 1 atom stereocenters. The molecule has 0 aliphatic carbocycles. The van der Waals surface area contributed by atoms with E-state index in [4.69, 9.17) is 5.11 Å². The van der Waals surface area contributed by atoms with E-state index in [1.807, 2.05) is 22.4 Å². The number of amides is 2. The first-order valence-corrected chi connectivity index (χ1v) is 8.78. The Morgan fingerprint density at radius 1 is 1.32 bits per heavy atom. The molecule has 0 fully saturated rings. The van der Waals surface area contributed by atoms with Crippen molar-refractivity contribution in [3.05, 3.63) is 44.3 Å². The molecule has 0 saturated carbocycles. The summed E-state index contributed by atoms with van der Waals surface area (Å²) < 4.78 is 0. The molecular weight excluding hydrogens is 320 g/mol. The molecule has 3 heterocycles. The number of carbonyl (C=O) groups is 2. The zero-order valence-corrected chi connectivity index (χ0v) is 13.5. The van der Waals surface area contributed by atoms with E-state index in [0.29, 0.717) is 6.54 Å². The first-order valence-electron chi connectivity index (χ1n) is 7.02. The lowest BCUT2D eigenvalue weighted by molar-refractivity contribution is -0.136. The van der Waals surface area contributed by atoms with Crippen molar-refractivity contribution in [3.63, 3.8) is 0 Å². The molecule has 116 valence electrons. The number of nitrogens with one attached hydrogen (secondary N) is 1. The number of rotatable bonds is 4. The van der Waals surface area contributed by atoms with Gasteiger partial charge in [0, 0.05) is 22.8 Å². The average molecular weight is 336 g/mol. The molecule has 0 spiro atoms. The van der Waals surface area contributed by atoms with Crippen LogP contribution in [-0.4, -0.2) is 35.1 Å². The second-order valence-electron chi connectivity index (χ2n) is 5.04. The predicted molar refractivity (Wildman–Crippen MR) is 86.5 cm³/mol. The largest absolute Gasteiger partial charge is 0.481 e. The summed E-state index contributed by atoms with van der Waals surface area (Å²) in [5.41, 5.74) is 1.19.